The van der Waals surface area contributed by atoms with Crippen molar-refractivity contribution in [3.63, 3.8) is 0 Å². The van der Waals surface area contributed by atoms with E-state index >= 15 is 0 Å². The van der Waals surface area contributed by atoms with Crippen LogP contribution >= 0.6 is 0 Å². The van der Waals surface area contributed by atoms with Crippen molar-refractivity contribution in [2.24, 2.45) is 0 Å². The third kappa shape index (κ3) is 3.54. The number of nitrogens with zero attached hydrogens (tertiary/aromatic N) is 2. The van der Waals surface area contributed by atoms with Crippen molar-refractivity contribution in [1.82, 2.24) is 9.78 Å². The van der Waals surface area contributed by atoms with Crippen molar-refractivity contribution < 1.29 is 19.5 Å². The Morgan fingerprint density at radius 1 is 1.36 bits per heavy atom. The Hall–Kier alpha value is -0.885. The summed E-state index contributed by atoms with van der Waals surface area (Å²) in [5, 5.41) is 25.1. The van der Waals surface area contributed by atoms with Crippen LogP contribution in [-0.2, 0) is 9.39 Å². The fourth-order valence-corrected chi connectivity index (χ4v) is 2.39. The Bertz CT molecular complexity index is 504. The zero-order chi connectivity index (χ0) is 16.5. The summed E-state index contributed by atoms with van der Waals surface area (Å²) in [6.45, 7) is 9.41. The second-order valence-electron chi connectivity index (χ2n) is 7.02. The van der Waals surface area contributed by atoms with E-state index < -0.39 is 18.3 Å². The molecule has 0 aliphatic carbocycles. The molecular formula is C15H27BN2O4. The Balaban J connectivity index is 2.22. The first-order chi connectivity index (χ1) is 10.1. The molecule has 2 N–H and O–H groups in total. The first-order valence-electron chi connectivity index (χ1n) is 7.87. The van der Waals surface area contributed by atoms with Gasteiger partial charge in [-0.25, -0.2) is 4.68 Å². The van der Waals surface area contributed by atoms with Crippen LogP contribution in [-0.4, -0.2) is 44.8 Å². The maximum Gasteiger partial charge on any atom is 0.511 e. The Kier molecular flexibility index (Phi) is 5.01. The minimum Gasteiger partial charge on any atom is -0.422 e. The second kappa shape index (κ2) is 6.32. The molecule has 124 valence electrons. The van der Waals surface area contributed by atoms with Crippen molar-refractivity contribution >= 4 is 12.7 Å². The Labute approximate surface area is 132 Å². The molecule has 7 heteroatoms. The van der Waals surface area contributed by atoms with Gasteiger partial charge in [-0.15, -0.1) is 0 Å². The van der Waals surface area contributed by atoms with Crippen molar-refractivity contribution in [3.05, 3.63) is 11.8 Å². The van der Waals surface area contributed by atoms with Gasteiger partial charge in [0.2, 0.25) is 0 Å². The molecule has 1 aromatic heterocycles. The van der Waals surface area contributed by atoms with Crippen LogP contribution in [0.1, 0.15) is 58.7 Å². The predicted octanol–water partition coefficient (Wildman–Crippen LogP) is 1.14. The molecular weight excluding hydrogens is 283 g/mol. The molecule has 1 aliphatic rings. The highest BCUT2D eigenvalue weighted by Gasteiger charge is 2.41. The first kappa shape index (κ1) is 17.5. The van der Waals surface area contributed by atoms with Gasteiger partial charge < -0.3 is 19.5 Å². The van der Waals surface area contributed by atoms with Crippen molar-refractivity contribution in [1.29, 1.82) is 0 Å². The van der Waals surface area contributed by atoms with E-state index in [0.29, 0.717) is 12.2 Å². The van der Waals surface area contributed by atoms with E-state index in [1.165, 1.54) is 0 Å². The van der Waals surface area contributed by atoms with E-state index in [2.05, 4.69) is 5.10 Å². The smallest absolute Gasteiger partial charge is 0.422 e. The van der Waals surface area contributed by atoms with E-state index in [1.54, 1.807) is 38.6 Å². The maximum absolute atomic E-state index is 10.6. The average molecular weight is 310 g/mol. The number of rotatable bonds is 5. The fourth-order valence-electron chi connectivity index (χ4n) is 2.39. The number of aryl methyl sites for hydroxylation is 1. The topological polar surface area (TPSA) is 76.7 Å². The van der Waals surface area contributed by atoms with Gasteiger partial charge in [-0.2, -0.15) is 5.10 Å². The summed E-state index contributed by atoms with van der Waals surface area (Å²) in [4.78, 5) is 0. The Morgan fingerprint density at radius 2 is 2.05 bits per heavy atom. The molecule has 0 spiro atoms. The molecule has 6 nitrogen and oxygen atoms in total. The number of hydrogen-bond acceptors (Lipinski definition) is 5. The van der Waals surface area contributed by atoms with Crippen LogP contribution in [0.5, 0.6) is 0 Å². The van der Waals surface area contributed by atoms with E-state index in [4.69, 9.17) is 9.39 Å². The number of hydrogen-bond donors (Lipinski definition) is 2. The van der Waals surface area contributed by atoms with Crippen LogP contribution < -0.4 is 5.59 Å². The number of ether oxygens (including phenoxy) is 1. The third-order valence-electron chi connectivity index (χ3n) is 4.57. The van der Waals surface area contributed by atoms with Crippen molar-refractivity contribution in [2.45, 2.75) is 71.3 Å². The lowest BCUT2D eigenvalue weighted by Crippen LogP contribution is -2.55. The van der Waals surface area contributed by atoms with Gasteiger partial charge in [0.15, 0.2) is 0 Å². The largest absolute Gasteiger partial charge is 0.511 e. The SMILES string of the molecule is Cc1cnn(C2CCCCO2)c1B(O)OC(C)(C)C(C)(C)O. The van der Waals surface area contributed by atoms with Crippen LogP contribution in [0.2, 0.25) is 0 Å². The van der Waals surface area contributed by atoms with Crippen LogP contribution in [0.25, 0.3) is 0 Å². The molecule has 0 saturated carbocycles. The molecule has 1 fully saturated rings. The summed E-state index contributed by atoms with van der Waals surface area (Å²) in [5.74, 6) is 0. The van der Waals surface area contributed by atoms with Gasteiger partial charge in [-0.3, -0.25) is 0 Å². The van der Waals surface area contributed by atoms with Gasteiger partial charge >= 0.3 is 7.12 Å². The van der Waals surface area contributed by atoms with Crippen LogP contribution in [0.4, 0.5) is 0 Å². The summed E-state index contributed by atoms with van der Waals surface area (Å²) in [5.41, 5.74) is -0.576. The standard InChI is InChI=1S/C15H27BN2O4/c1-11-10-17-18(12-8-6-7-9-21-12)13(11)16(20)22-15(4,5)14(2,3)19/h10,12,19-20H,6-9H2,1-5H3. The minimum atomic E-state index is -1.17. The molecule has 2 rings (SSSR count). The highest BCUT2D eigenvalue weighted by Crippen LogP contribution is 2.26. The summed E-state index contributed by atoms with van der Waals surface area (Å²) in [6, 6.07) is 0. The number of aliphatic hydroxyl groups is 1. The average Bonchev–Trinajstić information content (AvgIpc) is 2.80. The molecule has 1 atom stereocenters. The second-order valence-corrected chi connectivity index (χ2v) is 7.02. The van der Waals surface area contributed by atoms with Gasteiger partial charge in [-0.1, -0.05) is 0 Å². The third-order valence-corrected chi connectivity index (χ3v) is 4.57. The predicted molar refractivity (Wildman–Crippen MR) is 84.9 cm³/mol. The van der Waals surface area contributed by atoms with E-state index in [-0.39, 0.29) is 6.23 Å². The summed E-state index contributed by atoms with van der Waals surface area (Å²) < 4.78 is 13.2. The number of aromatic nitrogens is 2. The lowest BCUT2D eigenvalue weighted by Gasteiger charge is -2.38. The van der Waals surface area contributed by atoms with Gasteiger partial charge in [0.25, 0.3) is 0 Å². The monoisotopic (exact) mass is 310 g/mol. The molecule has 22 heavy (non-hydrogen) atoms. The highest BCUT2D eigenvalue weighted by atomic mass is 16.6. The summed E-state index contributed by atoms with van der Waals surface area (Å²) in [6.07, 6.45) is 4.54. The van der Waals surface area contributed by atoms with Crippen molar-refractivity contribution in [3.8, 4) is 0 Å². The van der Waals surface area contributed by atoms with Gasteiger partial charge in [0.05, 0.1) is 23.0 Å². The molecule has 1 aromatic rings. The molecule has 1 unspecified atom stereocenters. The Morgan fingerprint density at radius 3 is 2.59 bits per heavy atom. The van der Waals surface area contributed by atoms with Gasteiger partial charge in [0, 0.05) is 6.61 Å². The normalized spacial score (nSPS) is 20.2. The fraction of sp³-hybridized carbons (Fsp3) is 0.800. The summed E-state index contributed by atoms with van der Waals surface area (Å²) in [7, 11) is -1.17. The lowest BCUT2D eigenvalue weighted by molar-refractivity contribution is -0.0988. The molecule has 0 amide bonds. The zero-order valence-corrected chi connectivity index (χ0v) is 14.2. The molecule has 0 radical (unpaired) electrons. The van der Waals surface area contributed by atoms with Gasteiger partial charge in [0.1, 0.15) is 6.23 Å². The first-order valence-corrected chi connectivity index (χ1v) is 7.87. The highest BCUT2D eigenvalue weighted by molar-refractivity contribution is 6.59. The summed E-state index contributed by atoms with van der Waals surface area (Å²) >= 11 is 0. The van der Waals surface area contributed by atoms with Crippen LogP contribution in [0, 0.1) is 6.92 Å². The van der Waals surface area contributed by atoms with Crippen molar-refractivity contribution in [2.75, 3.05) is 6.61 Å². The zero-order valence-electron chi connectivity index (χ0n) is 14.2. The molecule has 2 heterocycles. The maximum atomic E-state index is 10.6. The molecule has 0 aromatic carbocycles. The van der Waals surface area contributed by atoms with Gasteiger partial charge in [-0.05, 0) is 59.4 Å². The quantitative estimate of drug-likeness (QED) is 0.798. The molecule has 0 bridgehead atoms. The van der Waals surface area contributed by atoms with Crippen LogP contribution in [0.15, 0.2) is 6.20 Å². The minimum absolute atomic E-state index is 0.166. The van der Waals surface area contributed by atoms with E-state index in [0.717, 1.165) is 24.8 Å². The lowest BCUT2D eigenvalue weighted by atomic mass is 9.78. The van der Waals surface area contributed by atoms with Crippen LogP contribution in [0.3, 0.4) is 0 Å². The molecule has 1 saturated heterocycles. The molecule has 1 aliphatic heterocycles. The van der Waals surface area contributed by atoms with E-state index in [1.807, 2.05) is 6.92 Å². The van der Waals surface area contributed by atoms with E-state index in [9.17, 15) is 10.1 Å².